The van der Waals surface area contributed by atoms with Crippen LogP contribution in [0, 0.1) is 22.9 Å². The van der Waals surface area contributed by atoms with Crippen LogP contribution in [0.3, 0.4) is 0 Å². The molecule has 7 heteroatoms. The minimum Gasteiger partial charge on any atom is -0.258 e. The molecule has 0 N–H and O–H groups in total. The third-order valence-electron chi connectivity index (χ3n) is 2.46. The molecule has 1 heterocycles. The number of rotatable bonds is 2. The van der Waals surface area contributed by atoms with Crippen molar-refractivity contribution in [1.29, 1.82) is 0 Å². The Kier molecular flexibility index (Phi) is 3.20. The van der Waals surface area contributed by atoms with Crippen LogP contribution >= 0.6 is 11.6 Å². The van der Waals surface area contributed by atoms with Gasteiger partial charge in [-0.05, 0) is 30.2 Å². The molecule has 5 nitrogen and oxygen atoms in total. The fraction of sp³-hybridized carbons (Fsp3) is 0.0909. The number of nitrogens with zero attached hydrogens (tertiary/aromatic N) is 3. The summed E-state index contributed by atoms with van der Waals surface area (Å²) in [5.41, 5.74) is 0.298. The average molecular weight is 268 g/mol. The van der Waals surface area contributed by atoms with Crippen molar-refractivity contribution in [3.05, 3.63) is 51.2 Å². The minimum absolute atomic E-state index is 0.0111. The Morgan fingerprint density at radius 2 is 2.17 bits per heavy atom. The van der Waals surface area contributed by atoms with Crippen molar-refractivity contribution in [2.75, 3.05) is 0 Å². The molecule has 0 aliphatic rings. The van der Waals surface area contributed by atoms with Crippen molar-refractivity contribution in [2.24, 2.45) is 0 Å². The summed E-state index contributed by atoms with van der Waals surface area (Å²) in [5.74, 6) is -0.462. The van der Waals surface area contributed by atoms with Crippen LogP contribution in [0.2, 0.25) is 5.28 Å². The second kappa shape index (κ2) is 4.66. The highest BCUT2D eigenvalue weighted by atomic mass is 35.5. The van der Waals surface area contributed by atoms with Gasteiger partial charge in [0.05, 0.1) is 4.92 Å². The molecule has 0 aliphatic carbocycles. The number of halogens is 2. The van der Waals surface area contributed by atoms with Gasteiger partial charge in [-0.15, -0.1) is 0 Å². The van der Waals surface area contributed by atoms with Gasteiger partial charge in [0, 0.05) is 5.56 Å². The van der Waals surface area contributed by atoms with E-state index in [1.54, 1.807) is 6.07 Å². The van der Waals surface area contributed by atoms with Crippen molar-refractivity contribution in [3.63, 3.8) is 0 Å². The van der Waals surface area contributed by atoms with Crippen molar-refractivity contribution in [3.8, 4) is 11.3 Å². The average Bonchev–Trinajstić information content (AvgIpc) is 2.32. The zero-order chi connectivity index (χ0) is 13.3. The van der Waals surface area contributed by atoms with E-state index in [0.717, 1.165) is 6.20 Å². The summed E-state index contributed by atoms with van der Waals surface area (Å²) in [5, 5.41) is 10.8. The molecule has 0 atom stereocenters. The summed E-state index contributed by atoms with van der Waals surface area (Å²) in [6.07, 6.45) is 1.01. The summed E-state index contributed by atoms with van der Waals surface area (Å²) >= 11 is 5.62. The molecule has 0 unspecified atom stereocenters. The van der Waals surface area contributed by atoms with E-state index in [1.165, 1.54) is 19.1 Å². The number of aromatic nitrogens is 2. The topological polar surface area (TPSA) is 68.9 Å². The molecule has 0 saturated heterocycles. The first kappa shape index (κ1) is 12.4. The number of nitro groups is 1. The lowest BCUT2D eigenvalue weighted by Gasteiger charge is -2.06. The summed E-state index contributed by atoms with van der Waals surface area (Å²) < 4.78 is 13.5. The molecule has 0 fully saturated rings. The van der Waals surface area contributed by atoms with Crippen molar-refractivity contribution in [1.82, 2.24) is 9.97 Å². The second-order valence-corrected chi connectivity index (χ2v) is 3.88. The van der Waals surface area contributed by atoms with Crippen molar-refractivity contribution in [2.45, 2.75) is 6.92 Å². The molecule has 1 aromatic carbocycles. The molecule has 0 amide bonds. The van der Waals surface area contributed by atoms with E-state index in [4.69, 9.17) is 11.6 Å². The SMILES string of the molecule is Cc1c(F)cccc1-c1nc(Cl)ncc1[N+](=O)[O-]. The number of hydrogen-bond acceptors (Lipinski definition) is 4. The van der Waals surface area contributed by atoms with Gasteiger partial charge in [-0.1, -0.05) is 12.1 Å². The maximum Gasteiger partial charge on any atom is 0.313 e. The molecule has 2 rings (SSSR count). The van der Waals surface area contributed by atoms with Gasteiger partial charge in [-0.2, -0.15) is 0 Å². The first-order valence-electron chi connectivity index (χ1n) is 4.93. The fourth-order valence-electron chi connectivity index (χ4n) is 1.55. The zero-order valence-corrected chi connectivity index (χ0v) is 9.98. The van der Waals surface area contributed by atoms with Crippen LogP contribution in [0.25, 0.3) is 11.3 Å². The molecule has 0 radical (unpaired) electrons. The maximum atomic E-state index is 13.5. The van der Waals surface area contributed by atoms with Gasteiger partial charge in [0.25, 0.3) is 0 Å². The van der Waals surface area contributed by atoms with Gasteiger partial charge in [0.15, 0.2) is 5.69 Å². The lowest BCUT2D eigenvalue weighted by molar-refractivity contribution is -0.384. The van der Waals surface area contributed by atoms with E-state index >= 15 is 0 Å². The summed E-state index contributed by atoms with van der Waals surface area (Å²) in [6, 6.07) is 4.27. The Bertz CT molecular complexity index is 634. The first-order valence-corrected chi connectivity index (χ1v) is 5.31. The summed E-state index contributed by atoms with van der Waals surface area (Å²) in [7, 11) is 0. The van der Waals surface area contributed by atoms with Crippen molar-refractivity contribution < 1.29 is 9.31 Å². The zero-order valence-electron chi connectivity index (χ0n) is 9.22. The molecule has 0 spiro atoms. The molecule has 2 aromatic rings. The molecule has 18 heavy (non-hydrogen) atoms. The molecule has 92 valence electrons. The highest BCUT2D eigenvalue weighted by Gasteiger charge is 2.20. The van der Waals surface area contributed by atoms with Gasteiger partial charge in [0.1, 0.15) is 12.0 Å². The Hall–Kier alpha value is -2.08. The van der Waals surface area contributed by atoms with E-state index in [-0.39, 0.29) is 22.2 Å². The molecule has 0 saturated carbocycles. The van der Waals surface area contributed by atoms with E-state index < -0.39 is 10.7 Å². The van der Waals surface area contributed by atoms with Crippen LogP contribution in [0.15, 0.2) is 24.4 Å². The molecular weight excluding hydrogens is 261 g/mol. The van der Waals surface area contributed by atoms with Crippen LogP contribution in [-0.4, -0.2) is 14.9 Å². The summed E-state index contributed by atoms with van der Waals surface area (Å²) in [6.45, 7) is 1.52. The van der Waals surface area contributed by atoms with Gasteiger partial charge in [-0.3, -0.25) is 10.1 Å². The van der Waals surface area contributed by atoms with Gasteiger partial charge in [-0.25, -0.2) is 14.4 Å². The standard InChI is InChI=1S/C11H7ClFN3O2/c1-6-7(3-2-4-8(6)13)10-9(16(17)18)5-14-11(12)15-10/h2-5H,1H3. The highest BCUT2D eigenvalue weighted by molar-refractivity contribution is 6.28. The first-order chi connectivity index (χ1) is 8.50. The van der Waals surface area contributed by atoms with Crippen LogP contribution in [-0.2, 0) is 0 Å². The van der Waals surface area contributed by atoms with Gasteiger partial charge >= 0.3 is 5.69 Å². The highest BCUT2D eigenvalue weighted by Crippen LogP contribution is 2.31. The third-order valence-corrected chi connectivity index (χ3v) is 2.64. The second-order valence-electron chi connectivity index (χ2n) is 3.54. The van der Waals surface area contributed by atoms with Crippen LogP contribution < -0.4 is 0 Å². The smallest absolute Gasteiger partial charge is 0.258 e. The monoisotopic (exact) mass is 267 g/mol. The molecular formula is C11H7ClFN3O2. The quantitative estimate of drug-likeness (QED) is 0.476. The Morgan fingerprint density at radius 3 is 2.83 bits per heavy atom. The number of benzene rings is 1. The Morgan fingerprint density at radius 1 is 1.44 bits per heavy atom. The van der Waals surface area contributed by atoms with E-state index in [2.05, 4.69) is 9.97 Å². The third kappa shape index (κ3) is 2.14. The van der Waals surface area contributed by atoms with Crippen molar-refractivity contribution >= 4 is 17.3 Å². The van der Waals surface area contributed by atoms with Crippen LogP contribution in [0.4, 0.5) is 10.1 Å². The molecule has 0 bridgehead atoms. The lowest BCUT2D eigenvalue weighted by atomic mass is 10.0. The molecule has 0 aliphatic heterocycles. The molecule has 1 aromatic heterocycles. The van der Waals surface area contributed by atoms with Crippen LogP contribution in [0.1, 0.15) is 5.56 Å². The lowest BCUT2D eigenvalue weighted by Crippen LogP contribution is -1.99. The fourth-order valence-corrected chi connectivity index (χ4v) is 1.68. The van der Waals surface area contributed by atoms with E-state index in [1.807, 2.05) is 0 Å². The largest absolute Gasteiger partial charge is 0.313 e. The Balaban J connectivity index is 2.73. The number of hydrogen-bond donors (Lipinski definition) is 0. The van der Waals surface area contributed by atoms with E-state index in [0.29, 0.717) is 5.56 Å². The van der Waals surface area contributed by atoms with E-state index in [9.17, 15) is 14.5 Å². The normalized spacial score (nSPS) is 10.4. The van der Waals surface area contributed by atoms with Gasteiger partial charge in [0.2, 0.25) is 5.28 Å². The predicted octanol–water partition coefficient (Wildman–Crippen LogP) is 3.15. The Labute approximate surface area is 106 Å². The minimum atomic E-state index is -0.629. The van der Waals surface area contributed by atoms with Crippen LogP contribution in [0.5, 0.6) is 0 Å². The van der Waals surface area contributed by atoms with Gasteiger partial charge < -0.3 is 0 Å². The predicted molar refractivity (Wildman–Crippen MR) is 63.8 cm³/mol. The summed E-state index contributed by atoms with van der Waals surface area (Å²) in [4.78, 5) is 17.6. The maximum absolute atomic E-state index is 13.5.